The Balaban J connectivity index is 1.75. The predicted molar refractivity (Wildman–Crippen MR) is 90.7 cm³/mol. The molecule has 0 saturated carbocycles. The minimum atomic E-state index is 0.907. The van der Waals surface area contributed by atoms with Crippen molar-refractivity contribution in [1.82, 2.24) is 9.55 Å². The molecule has 1 aliphatic rings. The molecular weight excluding hydrogens is 268 g/mol. The fourth-order valence-electron chi connectivity index (χ4n) is 3.30. The predicted octanol–water partition coefficient (Wildman–Crippen LogP) is 4.54. The number of hydrogen-bond donors (Lipinski definition) is 0. The van der Waals surface area contributed by atoms with Crippen LogP contribution in [0.2, 0.25) is 0 Å². The number of fused-ring (bicyclic) bond motifs is 3. The molecule has 0 bridgehead atoms. The Morgan fingerprint density at radius 3 is 2.82 bits per heavy atom. The van der Waals surface area contributed by atoms with E-state index < -0.39 is 0 Å². The molecule has 0 atom stereocenters. The zero-order valence-corrected chi connectivity index (χ0v) is 12.7. The van der Waals surface area contributed by atoms with Crippen molar-refractivity contribution in [3.8, 4) is 11.1 Å². The van der Waals surface area contributed by atoms with Crippen molar-refractivity contribution in [2.75, 3.05) is 0 Å². The van der Waals surface area contributed by atoms with E-state index in [0.717, 1.165) is 24.2 Å². The molecule has 1 aliphatic carbocycles. The largest absolute Gasteiger partial charge is 0.331 e. The lowest BCUT2D eigenvalue weighted by atomic mass is 9.98. The van der Waals surface area contributed by atoms with Gasteiger partial charge < -0.3 is 4.57 Å². The lowest BCUT2D eigenvalue weighted by molar-refractivity contribution is 0.752. The van der Waals surface area contributed by atoms with Crippen LogP contribution >= 0.6 is 0 Å². The summed E-state index contributed by atoms with van der Waals surface area (Å²) < 4.78 is 2.13. The number of aryl methyl sites for hydroxylation is 1. The second-order valence-corrected chi connectivity index (χ2v) is 5.75. The van der Waals surface area contributed by atoms with Gasteiger partial charge in [-0.3, -0.25) is 0 Å². The number of nitrogens with zero attached hydrogens (tertiary/aromatic N) is 2. The molecule has 1 aromatic heterocycles. The van der Waals surface area contributed by atoms with Crippen molar-refractivity contribution >= 4 is 5.57 Å². The first-order chi connectivity index (χ1) is 10.8. The van der Waals surface area contributed by atoms with Crippen LogP contribution in [0.15, 0.2) is 61.6 Å². The minimum absolute atomic E-state index is 0.907. The lowest BCUT2D eigenvalue weighted by Crippen LogP contribution is -1.99. The number of benzene rings is 2. The topological polar surface area (TPSA) is 17.8 Å². The highest BCUT2D eigenvalue weighted by atomic mass is 15.0. The minimum Gasteiger partial charge on any atom is -0.331 e. The van der Waals surface area contributed by atoms with Crippen molar-refractivity contribution in [2.24, 2.45) is 0 Å². The molecule has 22 heavy (non-hydrogen) atoms. The van der Waals surface area contributed by atoms with E-state index in [0.29, 0.717) is 0 Å². The molecule has 0 N–H and O–H groups in total. The van der Waals surface area contributed by atoms with E-state index in [-0.39, 0.29) is 0 Å². The van der Waals surface area contributed by atoms with Crippen LogP contribution in [0.5, 0.6) is 0 Å². The Kier molecular flexibility index (Phi) is 2.97. The molecule has 2 aromatic carbocycles. The van der Waals surface area contributed by atoms with Crippen LogP contribution in [0, 0.1) is 0 Å². The van der Waals surface area contributed by atoms with Crippen molar-refractivity contribution in [3.63, 3.8) is 0 Å². The first-order valence-corrected chi connectivity index (χ1v) is 7.69. The monoisotopic (exact) mass is 286 g/mol. The molecule has 2 nitrogen and oxygen atoms in total. The molecule has 0 radical (unpaired) electrons. The average molecular weight is 286 g/mol. The fraction of sp³-hybridized carbons (Fsp3) is 0.150. The van der Waals surface area contributed by atoms with E-state index in [4.69, 9.17) is 0 Å². The molecule has 0 unspecified atom stereocenters. The summed E-state index contributed by atoms with van der Waals surface area (Å²) >= 11 is 0. The van der Waals surface area contributed by atoms with E-state index >= 15 is 0 Å². The summed E-state index contributed by atoms with van der Waals surface area (Å²) in [5.41, 5.74) is 8.85. The molecule has 1 heterocycles. The molecule has 4 rings (SSSR count). The maximum atomic E-state index is 4.29. The summed E-state index contributed by atoms with van der Waals surface area (Å²) in [5, 5.41) is 0. The van der Waals surface area contributed by atoms with Crippen LogP contribution in [0.3, 0.4) is 0 Å². The smallest absolute Gasteiger partial charge is 0.0950 e. The summed E-state index contributed by atoms with van der Waals surface area (Å²) in [6, 6.07) is 15.3. The second-order valence-electron chi connectivity index (χ2n) is 5.75. The zero-order chi connectivity index (χ0) is 15.1. The zero-order valence-electron chi connectivity index (χ0n) is 12.7. The van der Waals surface area contributed by atoms with Gasteiger partial charge >= 0.3 is 0 Å². The van der Waals surface area contributed by atoms with Crippen LogP contribution in [0.25, 0.3) is 16.7 Å². The molecule has 0 aliphatic heterocycles. The Labute approximate surface area is 130 Å². The first kappa shape index (κ1) is 13.1. The Morgan fingerprint density at radius 2 is 1.95 bits per heavy atom. The summed E-state index contributed by atoms with van der Waals surface area (Å²) in [6.07, 6.45) is 4.78. The molecule has 2 heteroatoms. The van der Waals surface area contributed by atoms with Gasteiger partial charge in [-0.15, -0.1) is 0 Å². The van der Waals surface area contributed by atoms with E-state index in [1.54, 1.807) is 0 Å². The van der Waals surface area contributed by atoms with Gasteiger partial charge in [0.2, 0.25) is 0 Å². The summed E-state index contributed by atoms with van der Waals surface area (Å²) in [6.45, 7) is 7.32. The van der Waals surface area contributed by atoms with Gasteiger partial charge in [-0.05, 0) is 46.7 Å². The molecule has 0 spiro atoms. The van der Waals surface area contributed by atoms with Gasteiger partial charge in [0.05, 0.1) is 18.2 Å². The van der Waals surface area contributed by atoms with Gasteiger partial charge in [-0.2, -0.15) is 0 Å². The third-order valence-electron chi connectivity index (χ3n) is 4.50. The number of hydrogen-bond acceptors (Lipinski definition) is 1. The highest BCUT2D eigenvalue weighted by Gasteiger charge is 2.19. The van der Waals surface area contributed by atoms with Crippen LogP contribution < -0.4 is 0 Å². The number of rotatable bonds is 3. The molecule has 108 valence electrons. The van der Waals surface area contributed by atoms with Crippen LogP contribution in [0.1, 0.15) is 29.3 Å². The third-order valence-corrected chi connectivity index (χ3v) is 4.50. The fourth-order valence-corrected chi connectivity index (χ4v) is 3.30. The average Bonchev–Trinajstić information content (AvgIpc) is 3.17. The summed E-state index contributed by atoms with van der Waals surface area (Å²) in [4.78, 5) is 4.25. The number of aromatic nitrogens is 2. The van der Waals surface area contributed by atoms with Gasteiger partial charge in [-0.25, -0.2) is 4.98 Å². The Hall–Kier alpha value is -2.61. The molecule has 0 amide bonds. The summed E-state index contributed by atoms with van der Waals surface area (Å²) in [5.74, 6) is 0. The highest BCUT2D eigenvalue weighted by molar-refractivity contribution is 5.82. The maximum absolute atomic E-state index is 4.29. The van der Waals surface area contributed by atoms with Gasteiger partial charge in [0.15, 0.2) is 0 Å². The van der Waals surface area contributed by atoms with E-state index in [1.807, 2.05) is 12.5 Å². The standard InChI is InChI=1S/C20H18N2/c1-3-22-13-21-12-20(22)14(2)15-8-9-19-17(10-15)11-16-6-4-5-7-18(16)19/h4-10,12-13H,2-3,11H2,1H3. The van der Waals surface area contributed by atoms with Crippen LogP contribution in [0.4, 0.5) is 0 Å². The number of imidazole rings is 1. The molecular formula is C20H18N2. The van der Waals surface area contributed by atoms with Crippen molar-refractivity contribution < 1.29 is 0 Å². The van der Waals surface area contributed by atoms with Crippen LogP contribution in [-0.2, 0) is 13.0 Å². The van der Waals surface area contributed by atoms with Crippen molar-refractivity contribution in [1.29, 1.82) is 0 Å². The van der Waals surface area contributed by atoms with Gasteiger partial charge in [-0.1, -0.05) is 49.0 Å². The van der Waals surface area contributed by atoms with E-state index in [2.05, 4.69) is 65.5 Å². The lowest BCUT2D eigenvalue weighted by Gasteiger charge is -2.10. The highest BCUT2D eigenvalue weighted by Crippen LogP contribution is 2.38. The van der Waals surface area contributed by atoms with Gasteiger partial charge in [0.1, 0.15) is 0 Å². The van der Waals surface area contributed by atoms with Crippen molar-refractivity contribution in [3.05, 3.63) is 84.0 Å². The molecule has 3 aromatic rings. The second kappa shape index (κ2) is 4.99. The Bertz CT molecular complexity index is 871. The SMILES string of the molecule is C=C(c1ccc2c(c1)Cc1ccccc1-2)c1cncn1CC. The normalized spacial score (nSPS) is 12.0. The molecule has 0 fully saturated rings. The van der Waals surface area contributed by atoms with Crippen LogP contribution in [-0.4, -0.2) is 9.55 Å². The van der Waals surface area contributed by atoms with Gasteiger partial charge in [0, 0.05) is 6.54 Å². The quantitative estimate of drug-likeness (QED) is 0.541. The van der Waals surface area contributed by atoms with Crippen molar-refractivity contribution in [2.45, 2.75) is 19.9 Å². The first-order valence-electron chi connectivity index (χ1n) is 7.69. The molecule has 0 saturated heterocycles. The Morgan fingerprint density at radius 1 is 1.14 bits per heavy atom. The third kappa shape index (κ3) is 1.92. The maximum Gasteiger partial charge on any atom is 0.0950 e. The van der Waals surface area contributed by atoms with E-state index in [1.165, 1.54) is 27.8 Å². The van der Waals surface area contributed by atoms with Gasteiger partial charge in [0.25, 0.3) is 0 Å². The summed E-state index contributed by atoms with van der Waals surface area (Å²) in [7, 11) is 0. The van der Waals surface area contributed by atoms with E-state index in [9.17, 15) is 0 Å².